The largest absolute Gasteiger partial charge is 0.379 e. The molecule has 1 fully saturated rings. The summed E-state index contributed by atoms with van der Waals surface area (Å²) in [5, 5.41) is 0. The van der Waals surface area contributed by atoms with Crippen LogP contribution in [0, 0.1) is 0 Å². The molecule has 0 N–H and O–H groups in total. The van der Waals surface area contributed by atoms with Crippen LogP contribution in [0.5, 0.6) is 0 Å². The number of halogens is 3. The van der Waals surface area contributed by atoms with Gasteiger partial charge >= 0.3 is 0 Å². The first kappa shape index (κ1) is 25.0. The Labute approximate surface area is 194 Å². The van der Waals surface area contributed by atoms with E-state index in [1.807, 2.05) is 0 Å². The highest BCUT2D eigenvalue weighted by Crippen LogP contribution is 2.19. The highest BCUT2D eigenvalue weighted by atomic mass is 127. The molecule has 1 heterocycles. The first-order chi connectivity index (χ1) is 11.8. The fourth-order valence-corrected chi connectivity index (χ4v) is 6.25. The van der Waals surface area contributed by atoms with Crippen LogP contribution in [0.4, 0.5) is 0 Å². The van der Waals surface area contributed by atoms with Gasteiger partial charge in [0.2, 0.25) is 0 Å². The quantitative estimate of drug-likeness (QED) is 0.317. The van der Waals surface area contributed by atoms with E-state index in [1.54, 1.807) is 27.4 Å². The van der Waals surface area contributed by atoms with Crippen LogP contribution >= 0.6 is 91.0 Å². The molecule has 0 atom stereocenters. The molecule has 0 aliphatic carbocycles. The molecule has 0 aromatic carbocycles. The standard InChI is InChI=1S/C12H24I3N3O3S3/c13-22-16-1-7-19-9-3-17(23-14)5-11-21-12-6-18(24-15)4-10-20-8-2-16/h1-12H2. The Bertz CT molecular complexity index is 244. The molecule has 24 heavy (non-hydrogen) atoms. The molecule has 0 amide bonds. The smallest absolute Gasteiger partial charge is 0.0603 e. The SMILES string of the molecule is ISN1CCOCCN(SI)CCOCCN(SI)CCOCC1. The number of hydrogen-bond acceptors (Lipinski definition) is 9. The molecule has 1 rings (SSSR count). The third kappa shape index (κ3) is 13.2. The summed E-state index contributed by atoms with van der Waals surface area (Å²) in [4.78, 5) is 0. The van der Waals surface area contributed by atoms with Crippen LogP contribution in [0.1, 0.15) is 0 Å². The minimum absolute atomic E-state index is 0.755. The number of hydrogen-bond donors (Lipinski definition) is 0. The van der Waals surface area contributed by atoms with Crippen LogP contribution in [0.3, 0.4) is 0 Å². The molecule has 1 saturated heterocycles. The van der Waals surface area contributed by atoms with Crippen molar-refractivity contribution in [3.63, 3.8) is 0 Å². The summed E-state index contributed by atoms with van der Waals surface area (Å²) in [5.74, 6) is 0. The zero-order valence-corrected chi connectivity index (χ0v) is 22.3. The summed E-state index contributed by atoms with van der Waals surface area (Å²) in [6, 6.07) is 0. The zero-order chi connectivity index (χ0) is 17.5. The molecule has 0 spiro atoms. The van der Waals surface area contributed by atoms with Crippen molar-refractivity contribution in [2.24, 2.45) is 0 Å². The normalized spacial score (nSPS) is 23.6. The van der Waals surface area contributed by atoms with Crippen LogP contribution in [0.2, 0.25) is 0 Å². The van der Waals surface area contributed by atoms with E-state index in [0.717, 1.165) is 78.9 Å². The average molecular weight is 735 g/mol. The second-order valence-electron chi connectivity index (χ2n) is 4.83. The van der Waals surface area contributed by atoms with Crippen LogP contribution < -0.4 is 0 Å². The lowest BCUT2D eigenvalue weighted by Crippen LogP contribution is -2.29. The molecule has 144 valence electrons. The van der Waals surface area contributed by atoms with Gasteiger partial charge in [-0.3, -0.25) is 0 Å². The molecule has 0 unspecified atom stereocenters. The van der Waals surface area contributed by atoms with Crippen molar-refractivity contribution in [2.75, 3.05) is 78.9 Å². The van der Waals surface area contributed by atoms with Gasteiger partial charge in [0.15, 0.2) is 0 Å². The maximum absolute atomic E-state index is 5.76. The summed E-state index contributed by atoms with van der Waals surface area (Å²) < 4.78 is 24.1. The fraction of sp³-hybridized carbons (Fsp3) is 1.00. The summed E-state index contributed by atoms with van der Waals surface area (Å²) in [6.45, 7) is 10.1. The predicted octanol–water partition coefficient (Wildman–Crippen LogP) is 3.95. The first-order valence-corrected chi connectivity index (χ1v) is 17.6. The van der Waals surface area contributed by atoms with E-state index in [1.165, 1.54) is 0 Å². The van der Waals surface area contributed by atoms with Crippen molar-refractivity contribution >= 4 is 91.0 Å². The number of nitrogens with zero attached hydrogens (tertiary/aromatic N) is 3. The van der Waals surface area contributed by atoms with Gasteiger partial charge in [0.05, 0.1) is 39.6 Å². The molecule has 12 heteroatoms. The topological polar surface area (TPSA) is 37.4 Å². The Morgan fingerprint density at radius 3 is 0.833 bits per heavy atom. The molecule has 0 aromatic heterocycles. The van der Waals surface area contributed by atoms with Crippen LogP contribution in [-0.4, -0.2) is 91.8 Å². The molecule has 0 bridgehead atoms. The van der Waals surface area contributed by atoms with E-state index in [0.29, 0.717) is 0 Å². The molecule has 0 aromatic rings. The van der Waals surface area contributed by atoms with E-state index in [4.69, 9.17) is 14.2 Å². The third-order valence-corrected chi connectivity index (χ3v) is 9.90. The van der Waals surface area contributed by atoms with E-state index in [-0.39, 0.29) is 0 Å². The van der Waals surface area contributed by atoms with E-state index in [9.17, 15) is 0 Å². The fourth-order valence-electron chi connectivity index (χ4n) is 1.85. The van der Waals surface area contributed by atoms with Gasteiger partial charge in [-0.2, -0.15) is 0 Å². The van der Waals surface area contributed by atoms with Gasteiger partial charge in [-0.1, -0.05) is 0 Å². The molecule has 1 aliphatic heterocycles. The van der Waals surface area contributed by atoms with Gasteiger partial charge in [-0.15, -0.1) is 0 Å². The summed E-state index contributed by atoms with van der Waals surface area (Å²) in [7, 11) is 5.17. The van der Waals surface area contributed by atoms with Gasteiger partial charge in [-0.05, 0) is 27.4 Å². The lowest BCUT2D eigenvalue weighted by Gasteiger charge is -2.22. The van der Waals surface area contributed by atoms with E-state index < -0.39 is 0 Å². The van der Waals surface area contributed by atoms with Gasteiger partial charge < -0.3 is 14.2 Å². The number of ether oxygens (including phenoxy) is 3. The summed E-state index contributed by atoms with van der Waals surface area (Å²) in [5.41, 5.74) is 0. The molecule has 0 radical (unpaired) electrons. The maximum Gasteiger partial charge on any atom is 0.0603 e. The Balaban J connectivity index is 2.39. The van der Waals surface area contributed by atoms with Gasteiger partial charge in [0, 0.05) is 103 Å². The van der Waals surface area contributed by atoms with Crippen LogP contribution in [0.15, 0.2) is 0 Å². The lowest BCUT2D eigenvalue weighted by molar-refractivity contribution is 0.0781. The predicted molar refractivity (Wildman–Crippen MR) is 132 cm³/mol. The van der Waals surface area contributed by atoms with Crippen molar-refractivity contribution < 1.29 is 14.2 Å². The molecular formula is C12H24I3N3O3S3. The zero-order valence-electron chi connectivity index (χ0n) is 13.4. The maximum atomic E-state index is 5.76. The Hall–Kier alpha value is 3.00. The van der Waals surface area contributed by atoms with Gasteiger partial charge in [-0.25, -0.2) is 12.9 Å². The molecule has 6 nitrogen and oxygen atoms in total. The highest BCUT2D eigenvalue weighted by molar-refractivity contribution is 14.2. The minimum Gasteiger partial charge on any atom is -0.379 e. The Kier molecular flexibility index (Phi) is 18.8. The van der Waals surface area contributed by atoms with Gasteiger partial charge in [0.1, 0.15) is 0 Å². The van der Waals surface area contributed by atoms with Gasteiger partial charge in [0.25, 0.3) is 0 Å². The average Bonchev–Trinajstić information content (AvgIpc) is 2.61. The Morgan fingerprint density at radius 1 is 0.458 bits per heavy atom. The number of rotatable bonds is 3. The molecule has 1 aliphatic rings. The van der Waals surface area contributed by atoms with E-state index >= 15 is 0 Å². The first-order valence-electron chi connectivity index (χ1n) is 7.64. The monoisotopic (exact) mass is 735 g/mol. The van der Waals surface area contributed by atoms with Crippen LogP contribution in [-0.2, 0) is 14.2 Å². The van der Waals surface area contributed by atoms with Crippen molar-refractivity contribution in [3.05, 3.63) is 0 Å². The Morgan fingerprint density at radius 2 is 0.667 bits per heavy atom. The highest BCUT2D eigenvalue weighted by Gasteiger charge is 2.09. The third-order valence-electron chi connectivity index (χ3n) is 3.20. The summed E-state index contributed by atoms with van der Waals surface area (Å²) >= 11 is 6.97. The van der Waals surface area contributed by atoms with Crippen molar-refractivity contribution in [1.82, 2.24) is 12.9 Å². The van der Waals surface area contributed by atoms with Crippen molar-refractivity contribution in [3.8, 4) is 0 Å². The van der Waals surface area contributed by atoms with Crippen molar-refractivity contribution in [1.29, 1.82) is 0 Å². The minimum atomic E-state index is 0.755. The van der Waals surface area contributed by atoms with Crippen molar-refractivity contribution in [2.45, 2.75) is 0 Å². The second-order valence-corrected chi connectivity index (χ2v) is 10.3. The second kappa shape index (κ2) is 18.1. The lowest BCUT2D eigenvalue weighted by atomic mass is 10.5. The van der Waals surface area contributed by atoms with Crippen LogP contribution in [0.25, 0.3) is 0 Å². The molecular weight excluding hydrogens is 711 g/mol. The summed E-state index contributed by atoms with van der Waals surface area (Å²) in [6.07, 6.45) is 0. The molecule has 0 saturated carbocycles. The van der Waals surface area contributed by atoms with E-state index in [2.05, 4.69) is 76.5 Å².